The summed E-state index contributed by atoms with van der Waals surface area (Å²) in [7, 11) is 0. The van der Waals surface area contributed by atoms with Crippen molar-refractivity contribution in [3.05, 3.63) is 34.3 Å². The van der Waals surface area contributed by atoms with Gasteiger partial charge in [0.1, 0.15) is 0 Å². The summed E-state index contributed by atoms with van der Waals surface area (Å²) in [6.07, 6.45) is 2.47. The Morgan fingerprint density at radius 1 is 1.38 bits per heavy atom. The molecule has 0 aromatic heterocycles. The highest BCUT2D eigenvalue weighted by Gasteiger charge is 2.20. The van der Waals surface area contributed by atoms with E-state index in [4.69, 9.17) is 0 Å². The summed E-state index contributed by atoms with van der Waals surface area (Å²) >= 11 is 5.84. The van der Waals surface area contributed by atoms with E-state index >= 15 is 0 Å². The highest BCUT2D eigenvalue weighted by Crippen LogP contribution is 2.27. The number of hydrogen-bond donors (Lipinski definition) is 1. The lowest BCUT2D eigenvalue weighted by atomic mass is 10.0. The Bertz CT molecular complexity index is 427. The van der Waals surface area contributed by atoms with Gasteiger partial charge < -0.3 is 10.2 Å². The van der Waals surface area contributed by atoms with Crippen molar-refractivity contribution in [3.8, 4) is 0 Å². The number of halogens is 1. The third-order valence-corrected chi connectivity index (χ3v) is 6.24. The maximum Gasteiger partial charge on any atom is 0.0343 e. The van der Waals surface area contributed by atoms with Crippen LogP contribution in [0.3, 0.4) is 0 Å². The molecule has 21 heavy (non-hydrogen) atoms. The molecule has 1 N–H and O–H groups in total. The third kappa shape index (κ3) is 5.27. The summed E-state index contributed by atoms with van der Waals surface area (Å²) in [4.78, 5) is 2.64. The number of nitrogens with zero attached hydrogens (tertiary/aromatic N) is 1. The molecule has 1 aromatic rings. The average Bonchev–Trinajstić information content (AvgIpc) is 2.52. The smallest absolute Gasteiger partial charge is 0.0343 e. The molecule has 0 bridgehead atoms. The molecule has 1 saturated heterocycles. The van der Waals surface area contributed by atoms with Gasteiger partial charge in [0.25, 0.3) is 0 Å². The Hall–Kier alpha value is -0.0300. The molecule has 2 rings (SSSR count). The van der Waals surface area contributed by atoms with Gasteiger partial charge in [-0.2, -0.15) is 11.8 Å². The minimum atomic E-state index is 0.445. The number of nitrogens with one attached hydrogen (secondary N) is 1. The molecule has 2 atom stereocenters. The molecule has 4 heteroatoms. The summed E-state index contributed by atoms with van der Waals surface area (Å²) in [6, 6.07) is 9.04. The third-order valence-electron chi connectivity index (χ3n) is 4.14. The predicted molar refractivity (Wildman–Crippen MR) is 98.2 cm³/mol. The molecule has 1 aliphatic rings. The lowest BCUT2D eigenvalue weighted by Crippen LogP contribution is -2.39. The van der Waals surface area contributed by atoms with E-state index in [2.05, 4.69) is 76.0 Å². The van der Waals surface area contributed by atoms with E-state index in [0.717, 1.165) is 11.8 Å². The van der Waals surface area contributed by atoms with Crippen LogP contribution in [-0.4, -0.2) is 42.1 Å². The van der Waals surface area contributed by atoms with E-state index in [1.54, 1.807) is 0 Å². The first-order valence-corrected chi connectivity index (χ1v) is 9.90. The fourth-order valence-corrected chi connectivity index (χ4v) is 4.72. The van der Waals surface area contributed by atoms with Crippen molar-refractivity contribution in [3.63, 3.8) is 0 Å². The summed E-state index contributed by atoms with van der Waals surface area (Å²) < 4.78 is 1.22. The molecule has 0 spiro atoms. The van der Waals surface area contributed by atoms with Gasteiger partial charge in [0.15, 0.2) is 0 Å². The molecule has 2 unspecified atom stereocenters. The van der Waals surface area contributed by atoms with Crippen molar-refractivity contribution in [2.45, 2.75) is 38.0 Å². The van der Waals surface area contributed by atoms with Crippen molar-refractivity contribution in [2.24, 2.45) is 0 Å². The minimum absolute atomic E-state index is 0.445. The van der Waals surface area contributed by atoms with Crippen molar-refractivity contribution in [1.29, 1.82) is 0 Å². The monoisotopic (exact) mass is 370 g/mol. The first kappa shape index (κ1) is 17.3. The van der Waals surface area contributed by atoms with E-state index in [0.29, 0.717) is 6.04 Å². The van der Waals surface area contributed by atoms with Crippen LogP contribution < -0.4 is 5.32 Å². The second-order valence-corrected chi connectivity index (χ2v) is 7.88. The van der Waals surface area contributed by atoms with Gasteiger partial charge in [0.2, 0.25) is 0 Å². The first-order valence-electron chi connectivity index (χ1n) is 8.06. The lowest BCUT2D eigenvalue weighted by Gasteiger charge is -2.33. The molecular weight excluding hydrogens is 344 g/mol. The maximum atomic E-state index is 3.70. The van der Waals surface area contributed by atoms with Crippen LogP contribution in [0.4, 0.5) is 0 Å². The van der Waals surface area contributed by atoms with Crippen LogP contribution >= 0.6 is 27.7 Å². The Labute approximate surface area is 142 Å². The van der Waals surface area contributed by atoms with Crippen LogP contribution in [-0.2, 0) is 0 Å². The number of benzene rings is 1. The minimum Gasteiger partial charge on any atom is -0.310 e. The first-order chi connectivity index (χ1) is 10.2. The fourth-order valence-electron chi connectivity index (χ4n) is 2.91. The summed E-state index contributed by atoms with van der Waals surface area (Å²) in [5, 5.41) is 4.48. The molecule has 1 fully saturated rings. The highest BCUT2D eigenvalue weighted by atomic mass is 79.9. The summed E-state index contributed by atoms with van der Waals surface area (Å²) in [5.41, 5.74) is 1.39. The van der Waals surface area contributed by atoms with Gasteiger partial charge in [-0.05, 0) is 31.0 Å². The molecule has 0 saturated carbocycles. The zero-order valence-corrected chi connectivity index (χ0v) is 15.5. The molecule has 1 heterocycles. The Morgan fingerprint density at radius 2 is 2.19 bits per heavy atom. The molecule has 0 amide bonds. The summed E-state index contributed by atoms with van der Waals surface area (Å²) in [5.74, 6) is 1.29. The quantitative estimate of drug-likeness (QED) is 0.769. The molecular formula is C17H27BrN2S. The van der Waals surface area contributed by atoms with Crippen molar-refractivity contribution < 1.29 is 0 Å². The molecule has 2 nitrogen and oxygen atoms in total. The molecule has 1 aromatic carbocycles. The zero-order chi connectivity index (χ0) is 15.1. The largest absolute Gasteiger partial charge is 0.310 e. The van der Waals surface area contributed by atoms with Gasteiger partial charge in [-0.15, -0.1) is 0 Å². The number of rotatable bonds is 7. The predicted octanol–water partition coefficient (Wildman–Crippen LogP) is 4.32. The van der Waals surface area contributed by atoms with Crippen LogP contribution in [0.1, 0.15) is 38.3 Å². The topological polar surface area (TPSA) is 15.3 Å². The molecule has 0 aliphatic carbocycles. The van der Waals surface area contributed by atoms with Crippen molar-refractivity contribution in [1.82, 2.24) is 10.2 Å². The standard InChI is InChI=1S/C17H27BrN2S/c1-3-14-13-20(11-12-21-14)10-9-17(19-4-2)15-7-5-6-8-16(15)18/h5-8,14,17,19H,3-4,9-13H2,1-2H3. The van der Waals surface area contributed by atoms with Gasteiger partial charge in [-0.25, -0.2) is 0 Å². The highest BCUT2D eigenvalue weighted by molar-refractivity contribution is 9.10. The van der Waals surface area contributed by atoms with E-state index < -0.39 is 0 Å². The number of thioether (sulfide) groups is 1. The molecule has 1 aliphatic heterocycles. The van der Waals surface area contributed by atoms with Crippen LogP contribution in [0.5, 0.6) is 0 Å². The van der Waals surface area contributed by atoms with Crippen molar-refractivity contribution in [2.75, 3.05) is 31.9 Å². The average molecular weight is 371 g/mol. The van der Waals surface area contributed by atoms with E-state index in [-0.39, 0.29) is 0 Å². The van der Waals surface area contributed by atoms with Crippen molar-refractivity contribution >= 4 is 27.7 Å². The van der Waals surface area contributed by atoms with Crippen LogP contribution in [0, 0.1) is 0 Å². The van der Waals surface area contributed by atoms with E-state index in [1.165, 1.54) is 48.3 Å². The van der Waals surface area contributed by atoms with E-state index in [9.17, 15) is 0 Å². The van der Waals surface area contributed by atoms with Crippen LogP contribution in [0.25, 0.3) is 0 Å². The van der Waals surface area contributed by atoms with Gasteiger partial charge in [-0.1, -0.05) is 48.0 Å². The summed E-state index contributed by atoms with van der Waals surface area (Å²) in [6.45, 7) is 9.21. The Kier molecular flexibility index (Phi) is 7.58. The van der Waals surface area contributed by atoms with Gasteiger partial charge in [0.05, 0.1) is 0 Å². The van der Waals surface area contributed by atoms with Gasteiger partial charge in [0, 0.05) is 41.2 Å². The van der Waals surface area contributed by atoms with E-state index in [1.807, 2.05) is 0 Å². The number of hydrogen-bond acceptors (Lipinski definition) is 3. The fraction of sp³-hybridized carbons (Fsp3) is 0.647. The Morgan fingerprint density at radius 3 is 2.90 bits per heavy atom. The SMILES string of the molecule is CCNC(CCN1CCSC(CC)C1)c1ccccc1Br. The zero-order valence-electron chi connectivity index (χ0n) is 13.1. The van der Waals surface area contributed by atoms with Crippen LogP contribution in [0.2, 0.25) is 0 Å². The van der Waals surface area contributed by atoms with Gasteiger partial charge >= 0.3 is 0 Å². The second kappa shape index (κ2) is 9.19. The second-order valence-electron chi connectivity index (χ2n) is 5.62. The maximum absolute atomic E-state index is 3.70. The molecule has 118 valence electrons. The Balaban J connectivity index is 1.92. The van der Waals surface area contributed by atoms with Gasteiger partial charge in [-0.3, -0.25) is 0 Å². The normalized spacial score (nSPS) is 21.4. The molecule has 0 radical (unpaired) electrons. The lowest BCUT2D eigenvalue weighted by molar-refractivity contribution is 0.263. The van der Waals surface area contributed by atoms with Crippen LogP contribution in [0.15, 0.2) is 28.7 Å².